The third-order valence-corrected chi connectivity index (χ3v) is 6.92. The number of thiophene rings is 1. The van der Waals surface area contributed by atoms with E-state index in [1.165, 1.54) is 30.6 Å². The molecule has 3 N–H and O–H groups in total. The van der Waals surface area contributed by atoms with Crippen LogP contribution in [-0.4, -0.2) is 39.2 Å². The van der Waals surface area contributed by atoms with Crippen LogP contribution >= 0.6 is 11.3 Å². The second kappa shape index (κ2) is 12.2. The minimum absolute atomic E-state index is 0.0992. The summed E-state index contributed by atoms with van der Waals surface area (Å²) in [5, 5.41) is 10.3. The van der Waals surface area contributed by atoms with E-state index >= 15 is 0 Å². The van der Waals surface area contributed by atoms with Gasteiger partial charge in [0.25, 0.3) is 5.56 Å². The van der Waals surface area contributed by atoms with Gasteiger partial charge in [-0.2, -0.15) is 5.10 Å². The number of nitrogens with zero attached hydrogens (tertiary/aromatic N) is 2. The molecule has 8 nitrogen and oxygen atoms in total. The topological polar surface area (TPSA) is 118 Å². The summed E-state index contributed by atoms with van der Waals surface area (Å²) in [7, 11) is 0. The molecule has 0 aliphatic carbocycles. The van der Waals surface area contributed by atoms with Gasteiger partial charge in [0.15, 0.2) is 0 Å². The summed E-state index contributed by atoms with van der Waals surface area (Å²) >= 11 is 1.47. The van der Waals surface area contributed by atoms with Gasteiger partial charge in [-0.1, -0.05) is 44.4 Å². The molecule has 9 heteroatoms. The van der Waals surface area contributed by atoms with Crippen LogP contribution in [0.3, 0.4) is 0 Å². The van der Waals surface area contributed by atoms with Crippen molar-refractivity contribution in [3.8, 4) is 0 Å². The molecule has 1 aliphatic rings. The summed E-state index contributed by atoms with van der Waals surface area (Å²) in [4.78, 5) is 37.5. The predicted molar refractivity (Wildman–Crippen MR) is 143 cm³/mol. The molecule has 2 amide bonds. The molecule has 0 atom stereocenters. The Morgan fingerprint density at radius 1 is 1.17 bits per heavy atom. The van der Waals surface area contributed by atoms with Gasteiger partial charge < -0.3 is 15.4 Å². The average molecular weight is 513 g/mol. The number of unbranched alkanes of at least 4 members (excludes halogenated alkanes) is 3. The van der Waals surface area contributed by atoms with Gasteiger partial charge in [0.1, 0.15) is 5.60 Å². The van der Waals surface area contributed by atoms with Gasteiger partial charge in [0.05, 0.1) is 23.2 Å². The van der Waals surface area contributed by atoms with Crippen molar-refractivity contribution in [2.24, 2.45) is 5.73 Å². The Balaban J connectivity index is 0.000000202. The number of amides is 2. The van der Waals surface area contributed by atoms with Crippen molar-refractivity contribution < 1.29 is 14.3 Å². The lowest BCUT2D eigenvalue weighted by Gasteiger charge is -2.30. The van der Waals surface area contributed by atoms with Crippen molar-refractivity contribution >= 4 is 34.1 Å². The summed E-state index contributed by atoms with van der Waals surface area (Å²) in [6.45, 7) is 8.78. The molecular weight excluding hydrogens is 476 g/mol. The average Bonchev–Trinajstić information content (AvgIpc) is 3.26. The molecule has 1 aliphatic heterocycles. The van der Waals surface area contributed by atoms with Crippen molar-refractivity contribution in [3.05, 3.63) is 61.7 Å². The molecule has 0 unspecified atom stereocenters. The third-order valence-electron chi connectivity index (χ3n) is 5.91. The number of aromatic amines is 1. The maximum atomic E-state index is 12.0. The highest BCUT2D eigenvalue weighted by Gasteiger charge is 2.28. The van der Waals surface area contributed by atoms with E-state index in [2.05, 4.69) is 17.1 Å². The first-order valence-corrected chi connectivity index (χ1v) is 13.3. The highest BCUT2D eigenvalue weighted by atomic mass is 32.1. The first kappa shape index (κ1) is 27.4. The number of carbonyl (C=O) groups is 2. The first-order chi connectivity index (χ1) is 17.1. The molecule has 36 heavy (non-hydrogen) atoms. The maximum Gasteiger partial charge on any atom is 0.410 e. The molecule has 3 aromatic rings. The number of benzene rings is 1. The highest BCUT2D eigenvalue weighted by molar-refractivity contribution is 7.10. The fraction of sp³-hybridized carbons (Fsp3) is 0.481. The molecule has 0 bridgehead atoms. The van der Waals surface area contributed by atoms with Crippen LogP contribution in [0.4, 0.5) is 4.79 Å². The molecule has 0 radical (unpaired) electrons. The number of H-pyrrole nitrogens is 1. The lowest BCUT2D eigenvalue weighted by molar-refractivity contribution is 0.0226. The van der Waals surface area contributed by atoms with Crippen LogP contribution in [0.5, 0.6) is 0 Å². The molecule has 0 saturated carbocycles. The Labute approximate surface area is 215 Å². The number of carbonyl (C=O) groups excluding carboxylic acids is 2. The minimum Gasteiger partial charge on any atom is -0.444 e. The van der Waals surface area contributed by atoms with Gasteiger partial charge in [0, 0.05) is 22.2 Å². The third kappa shape index (κ3) is 7.16. The van der Waals surface area contributed by atoms with Crippen LogP contribution in [0.25, 0.3) is 10.8 Å². The molecular formula is C27H36N4O4S. The Morgan fingerprint density at radius 3 is 2.56 bits per heavy atom. The molecule has 2 aromatic heterocycles. The summed E-state index contributed by atoms with van der Waals surface area (Å²) < 4.78 is 5.35. The first-order valence-electron chi connectivity index (χ1n) is 12.4. The van der Waals surface area contributed by atoms with E-state index in [-0.39, 0.29) is 11.7 Å². The number of hydrogen-bond acceptors (Lipinski definition) is 6. The molecule has 4 rings (SSSR count). The molecule has 194 valence electrons. The van der Waals surface area contributed by atoms with Crippen LogP contribution in [-0.2, 0) is 24.1 Å². The summed E-state index contributed by atoms with van der Waals surface area (Å²) in [6.07, 6.45) is 6.14. The molecule has 0 fully saturated rings. The quantitative estimate of drug-likeness (QED) is 0.441. The van der Waals surface area contributed by atoms with Crippen LogP contribution in [0.2, 0.25) is 0 Å². The standard InChI is InChI=1S/C14H18N2O.C13H18N2O3S/c1-2-3-4-5-10-13-11-8-6-7-9-12(11)14(17)16-15-13;1-13(2,3)18-12(17)15-5-4-8-9(11(14)16)7-19-10(8)6-15/h6-9H,2-5,10H2,1H3,(H,16,17);7H,4-6H2,1-3H3,(H2,14,16). The zero-order valence-electron chi connectivity index (χ0n) is 21.6. The van der Waals surface area contributed by atoms with Gasteiger partial charge in [0.2, 0.25) is 5.91 Å². The summed E-state index contributed by atoms with van der Waals surface area (Å²) in [6, 6.07) is 7.68. The van der Waals surface area contributed by atoms with Crippen molar-refractivity contribution in [1.82, 2.24) is 15.1 Å². The van der Waals surface area contributed by atoms with Crippen LogP contribution < -0.4 is 11.3 Å². The van der Waals surface area contributed by atoms with Gasteiger partial charge >= 0.3 is 6.09 Å². The fourth-order valence-electron chi connectivity index (χ4n) is 4.10. The lowest BCUT2D eigenvalue weighted by Crippen LogP contribution is -2.39. The zero-order valence-corrected chi connectivity index (χ0v) is 22.4. The summed E-state index contributed by atoms with van der Waals surface area (Å²) in [5.41, 5.74) is 7.31. The molecule has 3 heterocycles. The van der Waals surface area contributed by atoms with Crippen LogP contribution in [0, 0.1) is 0 Å². The number of ether oxygens (including phenoxy) is 1. The summed E-state index contributed by atoms with van der Waals surface area (Å²) in [5.74, 6) is -0.400. The fourth-order valence-corrected chi connectivity index (χ4v) is 5.20. The molecule has 0 saturated heterocycles. The predicted octanol–water partition coefficient (Wildman–Crippen LogP) is 5.19. The smallest absolute Gasteiger partial charge is 0.410 e. The van der Waals surface area contributed by atoms with Crippen LogP contribution in [0.15, 0.2) is 34.4 Å². The van der Waals surface area contributed by atoms with E-state index in [9.17, 15) is 14.4 Å². The SMILES string of the molecule is CC(C)(C)OC(=O)N1CCc2c(C(N)=O)csc2C1.CCCCCCc1n[nH]c(=O)c2ccccc12. The normalized spacial score (nSPS) is 13.1. The number of primary amides is 1. The van der Waals surface area contributed by atoms with E-state index in [0.29, 0.717) is 25.1 Å². The number of rotatable bonds is 6. The van der Waals surface area contributed by atoms with Crippen molar-refractivity contribution in [2.75, 3.05) is 6.54 Å². The Morgan fingerprint density at radius 2 is 1.89 bits per heavy atom. The Kier molecular flexibility index (Phi) is 9.25. The number of nitrogens with two attached hydrogens (primary N) is 1. The molecule has 0 spiro atoms. The minimum atomic E-state index is -0.495. The second-order valence-electron chi connectivity index (χ2n) is 9.92. The van der Waals surface area contributed by atoms with Gasteiger partial charge in [-0.15, -0.1) is 11.3 Å². The highest BCUT2D eigenvalue weighted by Crippen LogP contribution is 2.29. The van der Waals surface area contributed by atoms with Gasteiger partial charge in [-0.3, -0.25) is 9.59 Å². The molecule has 1 aromatic carbocycles. The maximum absolute atomic E-state index is 12.0. The van der Waals surface area contributed by atoms with Crippen molar-refractivity contribution in [2.45, 2.75) is 78.4 Å². The number of nitrogens with one attached hydrogen (secondary N) is 1. The van der Waals surface area contributed by atoms with Crippen LogP contribution in [0.1, 0.15) is 79.9 Å². The van der Waals surface area contributed by atoms with E-state index in [1.54, 1.807) is 10.3 Å². The monoisotopic (exact) mass is 512 g/mol. The zero-order chi connectivity index (χ0) is 26.3. The van der Waals surface area contributed by atoms with Crippen molar-refractivity contribution in [3.63, 3.8) is 0 Å². The Bertz CT molecular complexity index is 1260. The number of aromatic nitrogens is 2. The van der Waals surface area contributed by atoms with E-state index in [4.69, 9.17) is 10.5 Å². The second-order valence-corrected chi connectivity index (χ2v) is 10.9. The largest absolute Gasteiger partial charge is 0.444 e. The van der Waals surface area contributed by atoms with Gasteiger partial charge in [-0.05, 0) is 51.7 Å². The van der Waals surface area contributed by atoms with E-state index in [1.807, 2.05) is 45.0 Å². The lowest BCUT2D eigenvalue weighted by atomic mass is 10.0. The number of aryl methyl sites for hydroxylation is 1. The number of hydrogen-bond donors (Lipinski definition) is 2. The van der Waals surface area contributed by atoms with Crippen molar-refractivity contribution in [1.29, 1.82) is 0 Å². The van der Waals surface area contributed by atoms with Gasteiger partial charge in [-0.25, -0.2) is 9.89 Å². The number of fused-ring (bicyclic) bond motifs is 2. The Hall–Kier alpha value is -3.20. The van der Waals surface area contributed by atoms with E-state index in [0.717, 1.165) is 39.7 Å². The van der Waals surface area contributed by atoms with E-state index < -0.39 is 11.5 Å².